The first-order valence-electron chi connectivity index (χ1n) is 35.2. The van der Waals surface area contributed by atoms with Gasteiger partial charge >= 0.3 is 39.5 Å². The minimum Gasteiger partial charge on any atom is -0.462 e. The number of phosphoric ester groups is 2. The van der Waals surface area contributed by atoms with E-state index in [1.54, 1.807) is 0 Å². The van der Waals surface area contributed by atoms with Crippen molar-refractivity contribution in [1.29, 1.82) is 0 Å². The van der Waals surface area contributed by atoms with Gasteiger partial charge in [-0.3, -0.25) is 37.3 Å². The fourth-order valence-electron chi connectivity index (χ4n) is 10.1. The Morgan fingerprint density at radius 2 is 0.552 bits per heavy atom. The SMILES string of the molecule is CCC(C)CCCCCCCCC(=O)OC[C@H](COP(=O)(O)OC[C@H](O)COP(=O)(O)OC[C@@H](COC(=O)CCCCCCCCCCCCCCCCCC(C)C)OC(=O)CCCCCCCCC(C)C)OC(=O)CCCCCCCCCC(C)C. The summed E-state index contributed by atoms with van der Waals surface area (Å²) in [5.74, 6) is 0.762. The Morgan fingerprint density at radius 3 is 0.816 bits per heavy atom. The molecular formula is C68H132O17P2. The number of phosphoric acid groups is 2. The van der Waals surface area contributed by atoms with Crippen LogP contribution in [0.3, 0.4) is 0 Å². The van der Waals surface area contributed by atoms with E-state index in [-0.39, 0.29) is 25.7 Å². The molecule has 87 heavy (non-hydrogen) atoms. The zero-order valence-corrected chi connectivity index (χ0v) is 58.4. The molecule has 0 radical (unpaired) electrons. The van der Waals surface area contributed by atoms with Crippen molar-refractivity contribution in [2.45, 2.75) is 350 Å². The molecule has 0 amide bonds. The standard InChI is InChI=1S/C68H132O17P2/c1-9-61(8)47-39-31-25-27-33-41-49-66(71)79-55-63(84-67(72)50-42-34-23-19-21-29-37-45-59(4)5)56-82-86(74,75)80-52-62(69)53-81-87(76,77)83-57-64(85-68(73)51-43-35-26-24-30-38-46-60(6)7)54-78-65(70)48-40-32-22-18-16-14-12-10-11-13-15-17-20-28-36-44-58(2)3/h58-64,69H,9-57H2,1-8H3,(H,74,75)(H,76,77)/t61?,62-,63+,64+/m0/s1. The predicted molar refractivity (Wildman–Crippen MR) is 349 cm³/mol. The van der Waals surface area contributed by atoms with Crippen LogP contribution in [0, 0.1) is 23.7 Å². The molecule has 3 N–H and O–H groups in total. The predicted octanol–water partition coefficient (Wildman–Crippen LogP) is 18.9. The Labute approximate surface area is 530 Å². The second kappa shape index (κ2) is 57.9. The lowest BCUT2D eigenvalue weighted by molar-refractivity contribution is -0.161. The number of unbranched alkanes of at least 4 members (excludes halogenated alkanes) is 30. The summed E-state index contributed by atoms with van der Waals surface area (Å²) in [4.78, 5) is 72.3. The zero-order chi connectivity index (χ0) is 64.7. The summed E-state index contributed by atoms with van der Waals surface area (Å²) in [5, 5.41) is 10.6. The number of carbonyl (C=O) groups excluding carboxylic acids is 4. The smallest absolute Gasteiger partial charge is 0.462 e. The van der Waals surface area contributed by atoms with Crippen molar-refractivity contribution in [1.82, 2.24) is 0 Å². The van der Waals surface area contributed by atoms with Crippen molar-refractivity contribution < 1.29 is 80.2 Å². The van der Waals surface area contributed by atoms with E-state index in [1.807, 2.05) is 0 Å². The number of rotatable bonds is 65. The van der Waals surface area contributed by atoms with Gasteiger partial charge in [-0.15, -0.1) is 0 Å². The monoisotopic (exact) mass is 1280 g/mol. The van der Waals surface area contributed by atoms with Crippen LogP contribution in [0.4, 0.5) is 0 Å². The topological polar surface area (TPSA) is 237 Å². The van der Waals surface area contributed by atoms with Crippen LogP contribution in [0.5, 0.6) is 0 Å². The lowest BCUT2D eigenvalue weighted by atomic mass is 10.00. The van der Waals surface area contributed by atoms with Crippen LogP contribution in [-0.2, 0) is 65.4 Å². The molecule has 0 saturated heterocycles. The number of carbonyl (C=O) groups is 4. The molecule has 0 aliphatic rings. The lowest BCUT2D eigenvalue weighted by Gasteiger charge is -2.21. The maximum Gasteiger partial charge on any atom is 0.472 e. The van der Waals surface area contributed by atoms with E-state index in [2.05, 4.69) is 55.4 Å². The summed E-state index contributed by atoms with van der Waals surface area (Å²) in [7, 11) is -9.89. The minimum absolute atomic E-state index is 0.102. The molecule has 6 atom stereocenters. The Hall–Kier alpha value is -1.94. The van der Waals surface area contributed by atoms with E-state index in [4.69, 9.17) is 37.0 Å². The Bertz CT molecular complexity index is 1730. The van der Waals surface area contributed by atoms with Gasteiger partial charge in [-0.05, 0) is 49.4 Å². The van der Waals surface area contributed by atoms with Gasteiger partial charge in [-0.1, -0.05) is 280 Å². The fourth-order valence-corrected chi connectivity index (χ4v) is 11.7. The number of hydrogen-bond donors (Lipinski definition) is 3. The van der Waals surface area contributed by atoms with Gasteiger partial charge < -0.3 is 33.8 Å². The first-order chi connectivity index (χ1) is 41.6. The van der Waals surface area contributed by atoms with E-state index >= 15 is 0 Å². The first kappa shape index (κ1) is 85.1. The molecule has 19 heteroatoms. The molecular weight excluding hydrogens is 1150 g/mol. The highest BCUT2D eigenvalue weighted by Crippen LogP contribution is 2.45. The number of esters is 4. The third kappa shape index (κ3) is 61.3. The Morgan fingerprint density at radius 1 is 0.322 bits per heavy atom. The van der Waals surface area contributed by atoms with E-state index < -0.39 is 97.5 Å². The molecule has 0 saturated carbocycles. The molecule has 0 aromatic carbocycles. The van der Waals surface area contributed by atoms with Crippen LogP contribution in [0.15, 0.2) is 0 Å². The van der Waals surface area contributed by atoms with Crippen molar-refractivity contribution in [3.8, 4) is 0 Å². The van der Waals surface area contributed by atoms with Crippen molar-refractivity contribution in [3.05, 3.63) is 0 Å². The summed E-state index contributed by atoms with van der Waals surface area (Å²) < 4.78 is 68.1. The highest BCUT2D eigenvalue weighted by molar-refractivity contribution is 7.47. The van der Waals surface area contributed by atoms with Gasteiger partial charge in [0.25, 0.3) is 0 Å². The molecule has 0 heterocycles. The molecule has 0 rings (SSSR count). The van der Waals surface area contributed by atoms with Crippen LogP contribution < -0.4 is 0 Å². The van der Waals surface area contributed by atoms with Gasteiger partial charge in [-0.2, -0.15) is 0 Å². The lowest BCUT2D eigenvalue weighted by Crippen LogP contribution is -2.30. The molecule has 0 aromatic rings. The Kier molecular flexibility index (Phi) is 56.6. The summed E-state index contributed by atoms with van der Waals surface area (Å²) in [6, 6.07) is 0. The van der Waals surface area contributed by atoms with Gasteiger partial charge in [-0.25, -0.2) is 9.13 Å². The molecule has 0 bridgehead atoms. The summed E-state index contributed by atoms with van der Waals surface area (Å²) >= 11 is 0. The molecule has 0 spiro atoms. The van der Waals surface area contributed by atoms with Crippen LogP contribution >= 0.6 is 15.6 Å². The van der Waals surface area contributed by atoms with Crippen molar-refractivity contribution in [2.24, 2.45) is 23.7 Å². The molecule has 0 aromatic heterocycles. The normalized spacial score (nSPS) is 14.6. The average molecular weight is 1280 g/mol. The summed E-state index contributed by atoms with van der Waals surface area (Å²) in [6.07, 6.45) is 39.3. The quantitative estimate of drug-likeness (QED) is 0.0222. The highest BCUT2D eigenvalue weighted by atomic mass is 31.2. The van der Waals surface area contributed by atoms with Crippen LogP contribution in [0.25, 0.3) is 0 Å². The summed E-state index contributed by atoms with van der Waals surface area (Å²) in [5.41, 5.74) is 0. The number of hydrogen-bond acceptors (Lipinski definition) is 15. The second-order valence-corrected chi connectivity index (χ2v) is 29.1. The van der Waals surface area contributed by atoms with E-state index in [0.29, 0.717) is 37.5 Å². The number of ether oxygens (including phenoxy) is 4. The van der Waals surface area contributed by atoms with Crippen molar-refractivity contribution in [3.63, 3.8) is 0 Å². The number of aliphatic hydroxyl groups is 1. The highest BCUT2D eigenvalue weighted by Gasteiger charge is 2.30. The fraction of sp³-hybridized carbons (Fsp3) is 0.941. The third-order valence-corrected chi connectivity index (χ3v) is 17.8. The largest absolute Gasteiger partial charge is 0.472 e. The summed E-state index contributed by atoms with van der Waals surface area (Å²) in [6.45, 7) is 14.0. The van der Waals surface area contributed by atoms with Gasteiger partial charge in [0.2, 0.25) is 0 Å². The molecule has 17 nitrogen and oxygen atoms in total. The maximum absolute atomic E-state index is 13.0. The first-order valence-corrected chi connectivity index (χ1v) is 38.2. The van der Waals surface area contributed by atoms with Gasteiger partial charge in [0, 0.05) is 25.7 Å². The van der Waals surface area contributed by atoms with E-state index in [9.17, 15) is 43.2 Å². The molecule has 0 aliphatic heterocycles. The number of aliphatic hydroxyl groups excluding tert-OH is 1. The zero-order valence-electron chi connectivity index (χ0n) is 56.6. The van der Waals surface area contributed by atoms with Gasteiger partial charge in [0.1, 0.15) is 19.3 Å². The maximum atomic E-state index is 13.0. The van der Waals surface area contributed by atoms with E-state index in [0.717, 1.165) is 108 Å². The van der Waals surface area contributed by atoms with Crippen LogP contribution in [0.1, 0.15) is 331 Å². The van der Waals surface area contributed by atoms with Crippen LogP contribution in [-0.4, -0.2) is 96.7 Å². The van der Waals surface area contributed by atoms with Gasteiger partial charge in [0.15, 0.2) is 12.2 Å². The molecule has 516 valence electrons. The second-order valence-electron chi connectivity index (χ2n) is 26.2. The molecule has 3 unspecified atom stereocenters. The van der Waals surface area contributed by atoms with Crippen molar-refractivity contribution >= 4 is 39.5 Å². The Balaban J connectivity index is 5.16. The van der Waals surface area contributed by atoms with Gasteiger partial charge in [0.05, 0.1) is 26.4 Å². The third-order valence-electron chi connectivity index (χ3n) is 15.9. The van der Waals surface area contributed by atoms with Crippen molar-refractivity contribution in [2.75, 3.05) is 39.6 Å². The molecule has 0 aliphatic carbocycles. The molecule has 0 fully saturated rings. The average Bonchev–Trinajstić information content (AvgIpc) is 3.48. The van der Waals surface area contributed by atoms with Crippen LogP contribution in [0.2, 0.25) is 0 Å². The minimum atomic E-state index is -4.95. The van der Waals surface area contributed by atoms with E-state index in [1.165, 1.54) is 128 Å².